The number of ether oxygens (including phenoxy) is 2. The van der Waals surface area contributed by atoms with Gasteiger partial charge in [0.15, 0.2) is 0 Å². The molecule has 0 saturated heterocycles. The van der Waals surface area contributed by atoms with E-state index in [1.165, 1.54) is 0 Å². The van der Waals surface area contributed by atoms with Crippen LogP contribution in [0.15, 0.2) is 53.7 Å². The third-order valence-electron chi connectivity index (χ3n) is 5.14. The van der Waals surface area contributed by atoms with E-state index in [9.17, 15) is 5.11 Å². The number of aliphatic hydroxyl groups is 1. The maximum Gasteiger partial charge on any atom is 0.145 e. The van der Waals surface area contributed by atoms with Crippen molar-refractivity contribution >= 4 is 17.3 Å². The second-order valence-electron chi connectivity index (χ2n) is 8.61. The molecule has 0 spiro atoms. The van der Waals surface area contributed by atoms with Gasteiger partial charge in [0.25, 0.3) is 0 Å². The molecule has 2 aromatic carbocycles. The minimum Gasteiger partial charge on any atom is -0.497 e. The van der Waals surface area contributed by atoms with Crippen molar-refractivity contribution in [3.8, 4) is 5.75 Å². The van der Waals surface area contributed by atoms with E-state index < -0.39 is 6.10 Å². The van der Waals surface area contributed by atoms with Crippen LogP contribution in [0.5, 0.6) is 5.75 Å². The third kappa shape index (κ3) is 7.78. The Morgan fingerprint density at radius 2 is 1.97 bits per heavy atom. The Morgan fingerprint density at radius 3 is 2.66 bits per heavy atom. The van der Waals surface area contributed by atoms with E-state index in [1.54, 1.807) is 7.11 Å². The summed E-state index contributed by atoms with van der Waals surface area (Å²) in [5, 5.41) is 15.5. The molecule has 0 aliphatic carbocycles. The van der Waals surface area contributed by atoms with E-state index in [2.05, 4.69) is 23.9 Å². The van der Waals surface area contributed by atoms with Crippen LogP contribution in [-0.2, 0) is 16.1 Å². The Morgan fingerprint density at radius 1 is 1.19 bits per heavy atom. The fourth-order valence-electron chi connectivity index (χ4n) is 3.66. The molecule has 0 saturated carbocycles. The molecule has 0 amide bonds. The molecule has 0 unspecified atom stereocenters. The number of hydrogen-bond acceptors (Lipinski definition) is 6. The van der Waals surface area contributed by atoms with Crippen LogP contribution in [0.2, 0.25) is 5.02 Å². The van der Waals surface area contributed by atoms with Crippen LogP contribution < -0.4 is 4.74 Å². The summed E-state index contributed by atoms with van der Waals surface area (Å²) < 4.78 is 10.9. The average molecular weight is 461 g/mol. The van der Waals surface area contributed by atoms with Crippen LogP contribution in [0.1, 0.15) is 31.4 Å². The average Bonchev–Trinajstić information content (AvgIpc) is 3.22. The predicted octanol–water partition coefficient (Wildman–Crippen LogP) is 4.38. The lowest BCUT2D eigenvalue weighted by molar-refractivity contribution is -0.00734. The Balaban J connectivity index is 1.60. The molecule has 7 heteroatoms. The Labute approximate surface area is 195 Å². The van der Waals surface area contributed by atoms with E-state index in [4.69, 9.17) is 25.9 Å². The first-order valence-corrected chi connectivity index (χ1v) is 11.4. The third-order valence-corrected chi connectivity index (χ3v) is 5.38. The van der Waals surface area contributed by atoms with E-state index in [-0.39, 0.29) is 6.10 Å². The summed E-state index contributed by atoms with van der Waals surface area (Å²) in [5.41, 5.74) is 3.03. The number of halogens is 1. The summed E-state index contributed by atoms with van der Waals surface area (Å²) in [6, 6.07) is 15.6. The summed E-state index contributed by atoms with van der Waals surface area (Å²) in [6.45, 7) is 6.89. The molecule has 6 nitrogen and oxygen atoms in total. The molecule has 1 N–H and O–H groups in total. The van der Waals surface area contributed by atoms with Crippen LogP contribution >= 0.6 is 11.6 Å². The highest BCUT2D eigenvalue weighted by Gasteiger charge is 2.26. The van der Waals surface area contributed by atoms with Gasteiger partial charge in [-0.05, 0) is 53.4 Å². The van der Waals surface area contributed by atoms with Gasteiger partial charge in [0.2, 0.25) is 0 Å². The number of oxime groups is 1. The fraction of sp³-hybridized carbons (Fsp3) is 0.480. The molecular weight excluding hydrogens is 428 g/mol. The second-order valence-corrected chi connectivity index (χ2v) is 9.04. The highest BCUT2D eigenvalue weighted by atomic mass is 35.5. The molecule has 0 radical (unpaired) electrons. The monoisotopic (exact) mass is 460 g/mol. The van der Waals surface area contributed by atoms with E-state index in [0.717, 1.165) is 22.6 Å². The number of nitrogens with zero attached hydrogens (tertiary/aromatic N) is 2. The van der Waals surface area contributed by atoms with Crippen LogP contribution in [0.25, 0.3) is 0 Å². The number of hydrogen-bond donors (Lipinski definition) is 1. The first-order chi connectivity index (χ1) is 15.4. The van der Waals surface area contributed by atoms with Gasteiger partial charge in [0.05, 0.1) is 25.5 Å². The molecule has 3 rings (SSSR count). The molecule has 0 fully saturated rings. The van der Waals surface area contributed by atoms with Crippen molar-refractivity contribution in [3.05, 3.63) is 64.7 Å². The van der Waals surface area contributed by atoms with Gasteiger partial charge >= 0.3 is 0 Å². The van der Waals surface area contributed by atoms with Crippen molar-refractivity contribution < 1.29 is 19.4 Å². The van der Waals surface area contributed by atoms with Gasteiger partial charge in [-0.3, -0.25) is 4.90 Å². The van der Waals surface area contributed by atoms with Crippen LogP contribution in [0.3, 0.4) is 0 Å². The van der Waals surface area contributed by atoms with Crippen molar-refractivity contribution in [1.29, 1.82) is 0 Å². The van der Waals surface area contributed by atoms with Crippen molar-refractivity contribution in [2.75, 3.05) is 33.4 Å². The number of benzene rings is 2. The maximum atomic E-state index is 10.5. The lowest BCUT2D eigenvalue weighted by atomic mass is 10.0. The van der Waals surface area contributed by atoms with Crippen molar-refractivity contribution in [2.24, 2.45) is 11.1 Å². The SMILES string of the molecule is COc1ccc(C2=NO[C@H](CN(Cc3cccc(Cl)c3)C[C@@H](O)COCC(C)C)C2)cc1. The smallest absolute Gasteiger partial charge is 0.145 e. The highest BCUT2D eigenvalue weighted by molar-refractivity contribution is 6.30. The van der Waals surface area contributed by atoms with Crippen LogP contribution in [0.4, 0.5) is 0 Å². The lowest BCUT2D eigenvalue weighted by Gasteiger charge is -2.27. The number of aliphatic hydroxyl groups excluding tert-OH is 1. The molecule has 2 atom stereocenters. The molecule has 0 bridgehead atoms. The number of methoxy groups -OCH3 is 1. The molecule has 1 aliphatic heterocycles. The van der Waals surface area contributed by atoms with Gasteiger partial charge in [0, 0.05) is 37.7 Å². The number of rotatable bonds is 12. The van der Waals surface area contributed by atoms with Gasteiger partial charge in [-0.2, -0.15) is 0 Å². The first-order valence-electron chi connectivity index (χ1n) is 11.0. The summed E-state index contributed by atoms with van der Waals surface area (Å²) in [5.74, 6) is 1.25. The minimum atomic E-state index is -0.587. The molecule has 174 valence electrons. The molecule has 2 aromatic rings. The lowest BCUT2D eigenvalue weighted by Crippen LogP contribution is -2.39. The highest BCUT2D eigenvalue weighted by Crippen LogP contribution is 2.21. The quantitative estimate of drug-likeness (QED) is 0.509. The summed E-state index contributed by atoms with van der Waals surface area (Å²) >= 11 is 6.17. The predicted molar refractivity (Wildman–Crippen MR) is 127 cm³/mol. The molecule has 1 heterocycles. The zero-order chi connectivity index (χ0) is 22.9. The van der Waals surface area contributed by atoms with E-state index in [1.807, 2.05) is 48.5 Å². The summed E-state index contributed by atoms with van der Waals surface area (Å²) in [7, 11) is 1.65. The van der Waals surface area contributed by atoms with Gasteiger partial charge in [-0.25, -0.2) is 0 Å². The zero-order valence-corrected chi connectivity index (χ0v) is 19.8. The van der Waals surface area contributed by atoms with Crippen molar-refractivity contribution in [1.82, 2.24) is 4.90 Å². The Bertz CT molecular complexity index is 873. The standard InChI is InChI=1S/C25H33ClN2O4/c1-18(2)16-31-17-22(29)14-28(13-19-5-4-6-21(26)11-19)15-24-12-25(27-32-24)20-7-9-23(30-3)10-8-20/h4-11,18,22,24,29H,12-17H2,1-3H3/t22-,24+/m1/s1. The summed E-state index contributed by atoms with van der Waals surface area (Å²) in [6.07, 6.45) is 0.0320. The van der Waals surface area contributed by atoms with Gasteiger partial charge < -0.3 is 19.4 Å². The Hall–Kier alpha value is -2.12. The fourth-order valence-corrected chi connectivity index (χ4v) is 3.87. The maximum absolute atomic E-state index is 10.5. The largest absolute Gasteiger partial charge is 0.497 e. The van der Waals surface area contributed by atoms with Crippen LogP contribution in [-0.4, -0.2) is 61.3 Å². The van der Waals surface area contributed by atoms with Gasteiger partial charge in [-0.1, -0.05) is 42.7 Å². The van der Waals surface area contributed by atoms with E-state index >= 15 is 0 Å². The topological polar surface area (TPSA) is 63.5 Å². The zero-order valence-electron chi connectivity index (χ0n) is 19.0. The first kappa shape index (κ1) is 24.5. The molecular formula is C25H33ClN2O4. The molecule has 32 heavy (non-hydrogen) atoms. The van der Waals surface area contributed by atoms with E-state index in [0.29, 0.717) is 50.2 Å². The molecule has 0 aromatic heterocycles. The normalized spacial score (nSPS) is 16.8. The Kier molecular flexibility index (Phi) is 9.36. The summed E-state index contributed by atoms with van der Waals surface area (Å²) in [4.78, 5) is 7.91. The van der Waals surface area contributed by atoms with Crippen molar-refractivity contribution in [2.45, 2.75) is 39.0 Å². The van der Waals surface area contributed by atoms with Crippen molar-refractivity contribution in [3.63, 3.8) is 0 Å². The van der Waals surface area contributed by atoms with Crippen LogP contribution in [0, 0.1) is 5.92 Å². The van der Waals surface area contributed by atoms with Gasteiger partial charge in [0.1, 0.15) is 11.9 Å². The second kappa shape index (κ2) is 12.2. The van der Waals surface area contributed by atoms with Gasteiger partial charge in [-0.15, -0.1) is 0 Å². The minimum absolute atomic E-state index is 0.0879. The molecule has 1 aliphatic rings.